The summed E-state index contributed by atoms with van der Waals surface area (Å²) in [5, 5.41) is 4.80. The fraction of sp³-hybridized carbons (Fsp3) is 0.150. The smallest absolute Gasteiger partial charge is 0.325 e. The minimum atomic E-state index is -0.713. The summed E-state index contributed by atoms with van der Waals surface area (Å²) >= 11 is 0. The number of esters is 1. The molecule has 0 spiro atoms. The largest absolute Gasteiger partial charge is 0.454 e. The van der Waals surface area contributed by atoms with Gasteiger partial charge in [0.2, 0.25) is 0 Å². The van der Waals surface area contributed by atoms with Crippen LogP contribution in [-0.2, 0) is 14.3 Å². The molecule has 2 aromatic carbocycles. The SMILES string of the molecule is C#CCNC(=O)COC(=O)CNC(=O)c1ccc(-c2ccccc2)cc1. The quantitative estimate of drug-likeness (QED) is 0.584. The molecule has 0 aliphatic rings. The maximum Gasteiger partial charge on any atom is 0.325 e. The molecule has 0 radical (unpaired) electrons. The Bertz CT molecular complexity index is 808. The zero-order valence-corrected chi connectivity index (χ0v) is 14.0. The lowest BCUT2D eigenvalue weighted by Crippen LogP contribution is -2.34. The number of amides is 2. The Morgan fingerprint density at radius 3 is 2.23 bits per heavy atom. The molecule has 0 bridgehead atoms. The first-order chi connectivity index (χ1) is 12.6. The molecule has 2 amide bonds. The lowest BCUT2D eigenvalue weighted by molar-refractivity contribution is -0.147. The van der Waals surface area contributed by atoms with Gasteiger partial charge in [-0.05, 0) is 23.3 Å². The van der Waals surface area contributed by atoms with Crippen LogP contribution in [0.5, 0.6) is 0 Å². The molecule has 0 saturated heterocycles. The summed E-state index contributed by atoms with van der Waals surface area (Å²) in [7, 11) is 0. The van der Waals surface area contributed by atoms with Gasteiger partial charge in [0.15, 0.2) is 6.61 Å². The highest BCUT2D eigenvalue weighted by Gasteiger charge is 2.10. The Morgan fingerprint density at radius 2 is 1.58 bits per heavy atom. The second kappa shape index (κ2) is 9.64. The standard InChI is InChI=1S/C20H18N2O4/c1-2-12-21-18(23)14-26-19(24)13-22-20(25)17-10-8-16(9-11-17)15-6-4-3-5-7-15/h1,3-11H,12-14H2,(H,21,23)(H,22,25). The van der Waals surface area contributed by atoms with Crippen LogP contribution >= 0.6 is 0 Å². The van der Waals surface area contributed by atoms with Crippen molar-refractivity contribution in [1.82, 2.24) is 10.6 Å². The van der Waals surface area contributed by atoms with Gasteiger partial charge in [0, 0.05) is 5.56 Å². The lowest BCUT2D eigenvalue weighted by atomic mass is 10.0. The van der Waals surface area contributed by atoms with E-state index < -0.39 is 24.4 Å². The van der Waals surface area contributed by atoms with Crippen LogP contribution in [0.4, 0.5) is 0 Å². The molecule has 6 heteroatoms. The molecule has 0 atom stereocenters. The van der Waals surface area contributed by atoms with Gasteiger partial charge in [0.05, 0.1) is 6.54 Å². The van der Waals surface area contributed by atoms with E-state index in [1.54, 1.807) is 12.1 Å². The van der Waals surface area contributed by atoms with Crippen molar-refractivity contribution in [1.29, 1.82) is 0 Å². The van der Waals surface area contributed by atoms with Gasteiger partial charge in [-0.1, -0.05) is 48.4 Å². The van der Waals surface area contributed by atoms with Crippen molar-refractivity contribution in [2.45, 2.75) is 0 Å². The van der Waals surface area contributed by atoms with E-state index in [-0.39, 0.29) is 13.1 Å². The van der Waals surface area contributed by atoms with Crippen LogP contribution in [0.3, 0.4) is 0 Å². The van der Waals surface area contributed by atoms with Crippen molar-refractivity contribution < 1.29 is 19.1 Å². The Labute approximate surface area is 151 Å². The van der Waals surface area contributed by atoms with Crippen LogP contribution in [-0.4, -0.2) is 37.5 Å². The number of carbonyl (C=O) groups is 3. The Hall–Kier alpha value is -3.59. The first-order valence-corrected chi connectivity index (χ1v) is 7.89. The van der Waals surface area contributed by atoms with E-state index in [4.69, 9.17) is 11.2 Å². The molecule has 2 rings (SSSR count). The van der Waals surface area contributed by atoms with Gasteiger partial charge >= 0.3 is 5.97 Å². The molecular formula is C20H18N2O4. The van der Waals surface area contributed by atoms with E-state index in [2.05, 4.69) is 16.6 Å². The fourth-order valence-electron chi connectivity index (χ4n) is 2.10. The molecule has 26 heavy (non-hydrogen) atoms. The molecular weight excluding hydrogens is 332 g/mol. The first-order valence-electron chi connectivity index (χ1n) is 7.89. The third kappa shape index (κ3) is 5.80. The van der Waals surface area contributed by atoms with Crippen LogP contribution in [0.15, 0.2) is 54.6 Å². The minimum absolute atomic E-state index is 0.0616. The number of hydrogen-bond acceptors (Lipinski definition) is 4. The normalized spacial score (nSPS) is 9.65. The fourth-order valence-corrected chi connectivity index (χ4v) is 2.10. The Morgan fingerprint density at radius 1 is 0.923 bits per heavy atom. The topological polar surface area (TPSA) is 84.5 Å². The monoisotopic (exact) mass is 350 g/mol. The number of rotatable bonds is 7. The zero-order valence-electron chi connectivity index (χ0n) is 14.0. The Balaban J connectivity index is 1.80. The number of nitrogens with one attached hydrogen (secondary N) is 2. The van der Waals surface area contributed by atoms with Crippen molar-refractivity contribution in [3.63, 3.8) is 0 Å². The molecule has 0 unspecified atom stereocenters. The number of terminal acetylenes is 1. The van der Waals surface area contributed by atoms with Gasteiger partial charge in [-0.15, -0.1) is 6.42 Å². The van der Waals surface area contributed by atoms with Crippen molar-refractivity contribution in [3.8, 4) is 23.5 Å². The van der Waals surface area contributed by atoms with E-state index in [0.29, 0.717) is 5.56 Å². The third-order valence-electron chi connectivity index (χ3n) is 3.40. The number of hydrogen-bond donors (Lipinski definition) is 2. The molecule has 0 aliphatic carbocycles. The van der Waals surface area contributed by atoms with Crippen LogP contribution < -0.4 is 10.6 Å². The predicted octanol–water partition coefficient (Wildman–Crippen LogP) is 1.38. The van der Waals surface area contributed by atoms with E-state index >= 15 is 0 Å². The molecule has 0 fully saturated rings. The average Bonchev–Trinajstić information content (AvgIpc) is 2.69. The number of carbonyl (C=O) groups excluding carboxylic acids is 3. The highest BCUT2D eigenvalue weighted by molar-refractivity contribution is 5.96. The molecule has 2 N–H and O–H groups in total. The van der Waals surface area contributed by atoms with Crippen LogP contribution in [0.2, 0.25) is 0 Å². The summed E-state index contributed by atoms with van der Waals surface area (Å²) in [4.78, 5) is 34.8. The van der Waals surface area contributed by atoms with Gasteiger partial charge in [-0.3, -0.25) is 14.4 Å². The highest BCUT2D eigenvalue weighted by Crippen LogP contribution is 2.19. The second-order valence-electron chi connectivity index (χ2n) is 5.27. The lowest BCUT2D eigenvalue weighted by Gasteiger charge is -2.07. The highest BCUT2D eigenvalue weighted by atomic mass is 16.5. The van der Waals surface area contributed by atoms with Gasteiger partial charge in [-0.2, -0.15) is 0 Å². The van der Waals surface area contributed by atoms with E-state index in [1.807, 2.05) is 42.5 Å². The first kappa shape index (κ1) is 18.7. The summed E-state index contributed by atoms with van der Waals surface area (Å²) in [5.41, 5.74) is 2.45. The summed E-state index contributed by atoms with van der Waals surface area (Å²) in [6, 6.07) is 16.8. The zero-order chi connectivity index (χ0) is 18.8. The summed E-state index contributed by atoms with van der Waals surface area (Å²) in [5.74, 6) is 0.611. The molecule has 6 nitrogen and oxygen atoms in total. The maximum absolute atomic E-state index is 12.1. The van der Waals surface area contributed by atoms with E-state index in [9.17, 15) is 14.4 Å². The molecule has 0 heterocycles. The summed E-state index contributed by atoms with van der Waals surface area (Å²) in [6.07, 6.45) is 4.99. The summed E-state index contributed by atoms with van der Waals surface area (Å²) in [6.45, 7) is -0.712. The Kier molecular flexibility index (Phi) is 6.95. The van der Waals surface area contributed by atoms with Crippen LogP contribution in [0, 0.1) is 12.3 Å². The van der Waals surface area contributed by atoms with Crippen molar-refractivity contribution in [2.75, 3.05) is 19.7 Å². The van der Waals surface area contributed by atoms with Crippen molar-refractivity contribution >= 4 is 17.8 Å². The van der Waals surface area contributed by atoms with Gasteiger partial charge in [0.1, 0.15) is 6.54 Å². The van der Waals surface area contributed by atoms with Gasteiger partial charge in [0.25, 0.3) is 11.8 Å². The predicted molar refractivity (Wildman–Crippen MR) is 97.0 cm³/mol. The average molecular weight is 350 g/mol. The molecule has 0 aliphatic heterocycles. The number of ether oxygens (including phenoxy) is 1. The minimum Gasteiger partial charge on any atom is -0.454 e. The van der Waals surface area contributed by atoms with Gasteiger partial charge in [-0.25, -0.2) is 0 Å². The van der Waals surface area contributed by atoms with Gasteiger partial charge < -0.3 is 15.4 Å². The van der Waals surface area contributed by atoms with E-state index in [1.165, 1.54) is 0 Å². The molecule has 0 saturated carbocycles. The van der Waals surface area contributed by atoms with Crippen LogP contribution in [0.25, 0.3) is 11.1 Å². The third-order valence-corrected chi connectivity index (χ3v) is 3.40. The second-order valence-corrected chi connectivity index (χ2v) is 5.27. The number of benzene rings is 2. The maximum atomic E-state index is 12.1. The summed E-state index contributed by atoms with van der Waals surface area (Å²) < 4.78 is 4.73. The molecule has 0 aromatic heterocycles. The van der Waals surface area contributed by atoms with E-state index in [0.717, 1.165) is 11.1 Å². The van der Waals surface area contributed by atoms with Crippen LogP contribution in [0.1, 0.15) is 10.4 Å². The van der Waals surface area contributed by atoms with Crippen molar-refractivity contribution in [3.05, 3.63) is 60.2 Å². The van der Waals surface area contributed by atoms with Crippen molar-refractivity contribution in [2.24, 2.45) is 0 Å². The molecule has 2 aromatic rings. The molecule has 132 valence electrons.